The third-order valence-corrected chi connectivity index (χ3v) is 6.75. The molecule has 1 aliphatic carbocycles. The standard InChI is InChI=1S/C24H21N3O5S/c1-25(30)24(29)23-22(20-13-18(27(31)32)11-12-21(20)33-23)26(15-28)14-17-9-5-6-10-19(17)16-7-3-2-4-8-16/h2-13,15,17,19,30H,14H2,1H3. The molecule has 8 nitrogen and oxygen atoms in total. The number of nitro groups is 1. The summed E-state index contributed by atoms with van der Waals surface area (Å²) in [5, 5.41) is 22.0. The largest absolute Gasteiger partial charge is 0.312 e. The van der Waals surface area contributed by atoms with E-state index in [2.05, 4.69) is 6.08 Å². The van der Waals surface area contributed by atoms with E-state index in [1.165, 1.54) is 24.1 Å². The van der Waals surface area contributed by atoms with Crippen molar-refractivity contribution in [2.75, 3.05) is 18.5 Å². The Bertz CT molecular complexity index is 1270. The number of carbonyl (C=O) groups is 2. The number of hydroxylamine groups is 2. The lowest BCUT2D eigenvalue weighted by atomic mass is 9.82. The van der Waals surface area contributed by atoms with Gasteiger partial charge in [-0.3, -0.25) is 24.9 Å². The van der Waals surface area contributed by atoms with E-state index in [9.17, 15) is 24.9 Å². The molecule has 2 aromatic carbocycles. The van der Waals surface area contributed by atoms with Crippen LogP contribution in [0.5, 0.6) is 0 Å². The fourth-order valence-corrected chi connectivity index (χ4v) is 5.20. The summed E-state index contributed by atoms with van der Waals surface area (Å²) < 4.78 is 0.603. The van der Waals surface area contributed by atoms with Crippen molar-refractivity contribution in [2.24, 2.45) is 5.92 Å². The van der Waals surface area contributed by atoms with Gasteiger partial charge in [-0.05, 0) is 11.6 Å². The van der Waals surface area contributed by atoms with E-state index < -0.39 is 10.8 Å². The summed E-state index contributed by atoms with van der Waals surface area (Å²) in [5.74, 6) is -0.775. The lowest BCUT2D eigenvalue weighted by molar-refractivity contribution is -0.384. The Kier molecular flexibility index (Phi) is 6.34. The van der Waals surface area contributed by atoms with Crippen LogP contribution in [0.15, 0.2) is 72.8 Å². The highest BCUT2D eigenvalue weighted by Gasteiger charge is 2.29. The predicted octanol–water partition coefficient (Wildman–Crippen LogP) is 4.76. The van der Waals surface area contributed by atoms with Gasteiger partial charge in [-0.1, -0.05) is 54.6 Å². The third-order valence-electron chi connectivity index (χ3n) is 5.60. The second kappa shape index (κ2) is 9.35. The summed E-state index contributed by atoms with van der Waals surface area (Å²) in [7, 11) is 1.20. The van der Waals surface area contributed by atoms with Crippen LogP contribution in [0.3, 0.4) is 0 Å². The molecule has 1 aromatic heterocycles. The van der Waals surface area contributed by atoms with Gasteiger partial charge in [0.2, 0.25) is 6.41 Å². The smallest absolute Gasteiger partial charge is 0.289 e. The van der Waals surface area contributed by atoms with Crippen molar-refractivity contribution < 1.29 is 19.7 Å². The second-order valence-corrected chi connectivity index (χ2v) is 8.73. The fourth-order valence-electron chi connectivity index (χ4n) is 4.04. The molecular formula is C24H21N3O5S. The number of rotatable bonds is 7. The highest BCUT2D eigenvalue weighted by Crippen LogP contribution is 2.41. The summed E-state index contributed by atoms with van der Waals surface area (Å²) in [5.41, 5.74) is 1.20. The number of benzene rings is 2. The van der Waals surface area contributed by atoms with Crippen molar-refractivity contribution in [1.82, 2.24) is 5.06 Å². The van der Waals surface area contributed by atoms with Gasteiger partial charge < -0.3 is 4.90 Å². The fraction of sp³-hybridized carbons (Fsp3) is 0.167. The van der Waals surface area contributed by atoms with E-state index in [1.54, 1.807) is 6.07 Å². The van der Waals surface area contributed by atoms with Crippen molar-refractivity contribution in [2.45, 2.75) is 5.92 Å². The first-order valence-electron chi connectivity index (χ1n) is 10.2. The highest BCUT2D eigenvalue weighted by atomic mass is 32.1. The Morgan fingerprint density at radius 3 is 2.58 bits per heavy atom. The maximum Gasteiger partial charge on any atom is 0.289 e. The van der Waals surface area contributed by atoms with E-state index >= 15 is 0 Å². The molecule has 3 aromatic rings. The van der Waals surface area contributed by atoms with Gasteiger partial charge in [0.1, 0.15) is 4.88 Å². The van der Waals surface area contributed by atoms with Crippen molar-refractivity contribution in [3.8, 4) is 0 Å². The zero-order chi connectivity index (χ0) is 23.5. The first kappa shape index (κ1) is 22.4. The molecule has 0 spiro atoms. The molecule has 1 aliphatic rings. The Morgan fingerprint density at radius 1 is 1.18 bits per heavy atom. The van der Waals surface area contributed by atoms with Gasteiger partial charge in [0.15, 0.2) is 0 Å². The topological polar surface area (TPSA) is 104 Å². The number of amides is 2. The molecule has 1 N–H and O–H groups in total. The highest BCUT2D eigenvalue weighted by molar-refractivity contribution is 7.21. The van der Waals surface area contributed by atoms with Crippen molar-refractivity contribution in [3.63, 3.8) is 0 Å². The predicted molar refractivity (Wildman–Crippen MR) is 127 cm³/mol. The lowest BCUT2D eigenvalue weighted by Gasteiger charge is -2.29. The van der Waals surface area contributed by atoms with Crippen molar-refractivity contribution >= 4 is 45.1 Å². The minimum atomic E-state index is -0.695. The molecular weight excluding hydrogens is 442 g/mol. The molecule has 0 aliphatic heterocycles. The van der Waals surface area contributed by atoms with Crippen LogP contribution in [0.25, 0.3) is 10.1 Å². The second-order valence-electron chi connectivity index (χ2n) is 7.67. The number of thiophene rings is 1. The minimum absolute atomic E-state index is 0.0116. The number of carbonyl (C=O) groups excluding carboxylic acids is 2. The van der Waals surface area contributed by atoms with Gasteiger partial charge in [0.25, 0.3) is 11.6 Å². The first-order chi connectivity index (χ1) is 15.9. The zero-order valence-corrected chi connectivity index (χ0v) is 18.5. The molecule has 0 saturated heterocycles. The minimum Gasteiger partial charge on any atom is -0.312 e. The number of nitro benzene ring substituents is 1. The summed E-state index contributed by atoms with van der Waals surface area (Å²) in [4.78, 5) is 37.4. The molecule has 2 atom stereocenters. The number of hydrogen-bond acceptors (Lipinski definition) is 6. The number of nitrogens with zero attached hydrogens (tertiary/aromatic N) is 3. The Labute approximate surface area is 193 Å². The lowest BCUT2D eigenvalue weighted by Crippen LogP contribution is -2.32. The summed E-state index contributed by atoms with van der Waals surface area (Å²) in [6.07, 6.45) is 8.57. The number of allylic oxidation sites excluding steroid dienone is 3. The van der Waals surface area contributed by atoms with Gasteiger partial charge in [0, 0.05) is 47.6 Å². The summed E-state index contributed by atoms with van der Waals surface area (Å²) in [6, 6.07) is 14.1. The maximum atomic E-state index is 12.7. The van der Waals surface area contributed by atoms with Gasteiger partial charge in [-0.2, -0.15) is 0 Å². The zero-order valence-electron chi connectivity index (χ0n) is 17.7. The molecule has 9 heteroatoms. The van der Waals surface area contributed by atoms with Crippen molar-refractivity contribution in [3.05, 3.63) is 93.4 Å². The molecule has 33 heavy (non-hydrogen) atoms. The van der Waals surface area contributed by atoms with Gasteiger partial charge >= 0.3 is 0 Å². The molecule has 2 amide bonds. The van der Waals surface area contributed by atoms with E-state index in [0.717, 1.165) is 16.9 Å². The molecule has 0 saturated carbocycles. The van der Waals surface area contributed by atoms with Gasteiger partial charge in [-0.25, -0.2) is 5.06 Å². The SMILES string of the molecule is CN(O)C(=O)c1sc2ccc([N+](=O)[O-])cc2c1N(C=O)CC1C=CC=CC1c1ccccc1. The average Bonchev–Trinajstić information content (AvgIpc) is 3.21. The Morgan fingerprint density at radius 2 is 1.91 bits per heavy atom. The van der Waals surface area contributed by atoms with Crippen LogP contribution in [0.4, 0.5) is 11.4 Å². The number of non-ortho nitro benzene ring substituents is 1. The Balaban J connectivity index is 1.80. The summed E-state index contributed by atoms with van der Waals surface area (Å²) >= 11 is 1.08. The number of hydrogen-bond donors (Lipinski definition) is 1. The first-order valence-corrected chi connectivity index (χ1v) is 11.0. The van der Waals surface area contributed by atoms with Crippen LogP contribution in [0.1, 0.15) is 21.2 Å². The molecule has 4 rings (SSSR count). The quantitative estimate of drug-likeness (QED) is 0.235. The maximum absolute atomic E-state index is 12.7. The number of fused-ring (bicyclic) bond motifs is 1. The average molecular weight is 464 g/mol. The molecule has 0 bridgehead atoms. The van der Waals surface area contributed by atoms with E-state index in [1.807, 2.05) is 48.6 Å². The van der Waals surface area contributed by atoms with Crippen LogP contribution in [-0.4, -0.2) is 41.1 Å². The van der Waals surface area contributed by atoms with Gasteiger partial charge in [0.05, 0.1) is 10.6 Å². The molecule has 168 valence electrons. The molecule has 0 fully saturated rings. The van der Waals surface area contributed by atoms with E-state index in [-0.39, 0.29) is 34.6 Å². The van der Waals surface area contributed by atoms with Crippen molar-refractivity contribution in [1.29, 1.82) is 0 Å². The van der Waals surface area contributed by atoms with Crippen LogP contribution in [-0.2, 0) is 4.79 Å². The molecule has 2 unspecified atom stereocenters. The monoisotopic (exact) mass is 463 g/mol. The van der Waals surface area contributed by atoms with Crippen LogP contribution < -0.4 is 4.90 Å². The number of anilines is 1. The van der Waals surface area contributed by atoms with Gasteiger partial charge in [-0.15, -0.1) is 11.3 Å². The van der Waals surface area contributed by atoms with E-state index in [4.69, 9.17) is 0 Å². The molecule has 0 radical (unpaired) electrons. The molecule has 1 heterocycles. The Hall–Kier alpha value is -3.82. The third kappa shape index (κ3) is 4.41. The summed E-state index contributed by atoms with van der Waals surface area (Å²) in [6.45, 7) is 0.244. The van der Waals surface area contributed by atoms with Crippen LogP contribution >= 0.6 is 11.3 Å². The van der Waals surface area contributed by atoms with E-state index in [0.29, 0.717) is 21.6 Å². The van der Waals surface area contributed by atoms with Crippen LogP contribution in [0.2, 0.25) is 0 Å². The normalized spacial score (nSPS) is 17.2. The van der Waals surface area contributed by atoms with Crippen LogP contribution in [0, 0.1) is 16.0 Å².